The van der Waals surface area contributed by atoms with Gasteiger partial charge in [-0.2, -0.15) is 4.31 Å². The second-order valence-electron chi connectivity index (χ2n) is 6.81. The van der Waals surface area contributed by atoms with Crippen LogP contribution < -0.4 is 5.32 Å². The normalized spacial score (nSPS) is 22.6. The Bertz CT molecular complexity index is 720. The number of methoxy groups -OCH3 is 1. The first-order valence-corrected chi connectivity index (χ1v) is 10.5. The molecule has 1 aromatic carbocycles. The van der Waals surface area contributed by atoms with Crippen LogP contribution in [0.3, 0.4) is 0 Å². The van der Waals surface area contributed by atoms with Crippen molar-refractivity contribution in [1.29, 1.82) is 0 Å². The number of benzene rings is 1. The first-order chi connectivity index (χ1) is 12.5. The summed E-state index contributed by atoms with van der Waals surface area (Å²) in [4.78, 5) is 14.3. The van der Waals surface area contributed by atoms with Crippen LogP contribution in [0, 0.1) is 0 Å². The lowest BCUT2D eigenvalue weighted by Gasteiger charge is -2.40. The number of sulfonamides is 1. The zero-order valence-electron chi connectivity index (χ0n) is 15.2. The van der Waals surface area contributed by atoms with Crippen molar-refractivity contribution in [2.24, 2.45) is 0 Å². The van der Waals surface area contributed by atoms with Gasteiger partial charge in [0.25, 0.3) is 0 Å². The number of hydrogen-bond acceptors (Lipinski definition) is 5. The number of carbonyl (C=O) groups excluding carboxylic acids is 1. The molecule has 1 N–H and O–H groups in total. The highest BCUT2D eigenvalue weighted by Gasteiger charge is 2.35. The first kappa shape index (κ1) is 19.3. The number of carbonyl (C=O) groups is 1. The number of piperidine rings is 1. The molecule has 26 heavy (non-hydrogen) atoms. The molecule has 1 amide bonds. The third kappa shape index (κ3) is 4.25. The Balaban J connectivity index is 1.71. The number of amides is 1. The summed E-state index contributed by atoms with van der Waals surface area (Å²) >= 11 is 0. The van der Waals surface area contributed by atoms with Gasteiger partial charge < -0.3 is 15.0 Å². The minimum Gasteiger partial charge on any atom is -0.384 e. The van der Waals surface area contributed by atoms with E-state index < -0.39 is 10.0 Å². The van der Waals surface area contributed by atoms with Crippen molar-refractivity contribution in [2.75, 3.05) is 46.4 Å². The maximum absolute atomic E-state index is 13.0. The summed E-state index contributed by atoms with van der Waals surface area (Å²) < 4.78 is 32.6. The molecule has 1 atom stereocenters. The van der Waals surface area contributed by atoms with Gasteiger partial charge in [0, 0.05) is 39.3 Å². The maximum atomic E-state index is 13.0. The fourth-order valence-corrected chi connectivity index (χ4v) is 5.11. The Kier molecular flexibility index (Phi) is 6.29. The topological polar surface area (TPSA) is 79.0 Å². The SMILES string of the molecule is COCCc1ccc(S(=O)(=O)N2CCCC(N3CCNCC3=O)C2)cc1. The second-order valence-corrected chi connectivity index (χ2v) is 8.75. The van der Waals surface area contributed by atoms with Crippen LogP contribution in [-0.4, -0.2) is 76.0 Å². The summed E-state index contributed by atoms with van der Waals surface area (Å²) in [7, 11) is -1.89. The van der Waals surface area contributed by atoms with Crippen LogP contribution in [0.5, 0.6) is 0 Å². The van der Waals surface area contributed by atoms with Crippen LogP contribution in [0.15, 0.2) is 29.2 Å². The molecular weight excluding hydrogens is 354 g/mol. The number of piperazine rings is 1. The lowest BCUT2D eigenvalue weighted by Crippen LogP contribution is -2.57. The molecular formula is C18H27N3O4S. The van der Waals surface area contributed by atoms with Crippen LogP contribution >= 0.6 is 0 Å². The standard InChI is InChI=1S/C18H27N3O4S/c1-25-12-8-15-4-6-17(7-5-15)26(23,24)20-10-2-3-16(14-20)21-11-9-19-13-18(21)22/h4-7,16,19H,2-3,8-14H2,1H3. The van der Waals surface area contributed by atoms with Crippen LogP contribution in [0.2, 0.25) is 0 Å². The second kappa shape index (κ2) is 8.47. The van der Waals surface area contributed by atoms with Gasteiger partial charge in [-0.1, -0.05) is 12.1 Å². The molecule has 2 aliphatic heterocycles. The van der Waals surface area contributed by atoms with Crippen molar-refractivity contribution in [2.45, 2.75) is 30.2 Å². The van der Waals surface area contributed by atoms with E-state index in [4.69, 9.17) is 4.74 Å². The van der Waals surface area contributed by atoms with Crippen LogP contribution in [0.1, 0.15) is 18.4 Å². The quantitative estimate of drug-likeness (QED) is 0.775. The zero-order chi connectivity index (χ0) is 18.6. The third-order valence-electron chi connectivity index (χ3n) is 5.08. The van der Waals surface area contributed by atoms with Gasteiger partial charge in [-0.25, -0.2) is 8.42 Å². The third-order valence-corrected chi connectivity index (χ3v) is 6.96. The Morgan fingerprint density at radius 2 is 2.00 bits per heavy atom. The summed E-state index contributed by atoms with van der Waals surface area (Å²) in [5, 5.41) is 3.06. The van der Waals surface area contributed by atoms with E-state index in [1.165, 1.54) is 4.31 Å². The number of ether oxygens (including phenoxy) is 1. The highest BCUT2D eigenvalue weighted by atomic mass is 32.2. The van der Waals surface area contributed by atoms with Gasteiger partial charge in [0.05, 0.1) is 18.0 Å². The van der Waals surface area contributed by atoms with Gasteiger partial charge in [0.15, 0.2) is 0 Å². The van der Waals surface area contributed by atoms with E-state index in [0.717, 1.165) is 31.4 Å². The number of hydrogen-bond donors (Lipinski definition) is 1. The monoisotopic (exact) mass is 381 g/mol. The summed E-state index contributed by atoms with van der Waals surface area (Å²) in [6.45, 7) is 3.23. The van der Waals surface area contributed by atoms with Crippen LogP contribution in [-0.2, 0) is 26.0 Å². The average molecular weight is 381 g/mol. The maximum Gasteiger partial charge on any atom is 0.243 e. The Morgan fingerprint density at radius 1 is 1.23 bits per heavy atom. The lowest BCUT2D eigenvalue weighted by molar-refractivity contribution is -0.135. The van der Waals surface area contributed by atoms with Gasteiger partial charge in [0.1, 0.15) is 0 Å². The molecule has 0 aliphatic carbocycles. The minimum absolute atomic E-state index is 0.0332. The molecule has 2 fully saturated rings. The van der Waals surface area contributed by atoms with Crippen molar-refractivity contribution in [3.05, 3.63) is 29.8 Å². The van der Waals surface area contributed by atoms with Crippen molar-refractivity contribution in [3.63, 3.8) is 0 Å². The fourth-order valence-electron chi connectivity index (χ4n) is 3.60. The molecule has 2 saturated heterocycles. The molecule has 0 bridgehead atoms. The van der Waals surface area contributed by atoms with Crippen molar-refractivity contribution < 1.29 is 17.9 Å². The summed E-state index contributed by atoms with van der Waals surface area (Å²) in [6.07, 6.45) is 2.38. The van der Waals surface area contributed by atoms with E-state index in [-0.39, 0.29) is 11.9 Å². The summed E-state index contributed by atoms with van der Waals surface area (Å²) in [6, 6.07) is 6.98. The number of rotatable bonds is 6. The fraction of sp³-hybridized carbons (Fsp3) is 0.611. The molecule has 7 nitrogen and oxygen atoms in total. The summed E-state index contributed by atoms with van der Waals surface area (Å²) in [5.74, 6) is 0.0583. The van der Waals surface area contributed by atoms with E-state index in [1.807, 2.05) is 17.0 Å². The molecule has 0 spiro atoms. The number of nitrogens with zero attached hydrogens (tertiary/aromatic N) is 2. The molecule has 1 aromatic rings. The van der Waals surface area contributed by atoms with E-state index >= 15 is 0 Å². The molecule has 144 valence electrons. The Labute approximate surface area is 155 Å². The van der Waals surface area contributed by atoms with Crippen LogP contribution in [0.4, 0.5) is 0 Å². The molecule has 2 aliphatic rings. The highest BCUT2D eigenvalue weighted by Crippen LogP contribution is 2.24. The Morgan fingerprint density at radius 3 is 2.69 bits per heavy atom. The van der Waals surface area contributed by atoms with E-state index in [2.05, 4.69) is 5.32 Å². The van der Waals surface area contributed by atoms with Gasteiger partial charge in [-0.05, 0) is 37.0 Å². The molecule has 2 heterocycles. The molecule has 8 heteroatoms. The first-order valence-electron chi connectivity index (χ1n) is 9.10. The van der Waals surface area contributed by atoms with Crippen molar-refractivity contribution in [3.8, 4) is 0 Å². The minimum atomic E-state index is -3.54. The summed E-state index contributed by atoms with van der Waals surface area (Å²) in [5.41, 5.74) is 1.05. The smallest absolute Gasteiger partial charge is 0.243 e. The molecule has 1 unspecified atom stereocenters. The Hall–Kier alpha value is -1.48. The molecule has 0 saturated carbocycles. The lowest BCUT2D eigenvalue weighted by atomic mass is 10.1. The van der Waals surface area contributed by atoms with Gasteiger partial charge in [-0.15, -0.1) is 0 Å². The predicted molar refractivity (Wildman–Crippen MR) is 98.4 cm³/mol. The molecule has 0 radical (unpaired) electrons. The van der Waals surface area contributed by atoms with Crippen LogP contribution in [0.25, 0.3) is 0 Å². The van der Waals surface area contributed by atoms with E-state index in [1.54, 1.807) is 19.2 Å². The number of nitrogens with one attached hydrogen (secondary N) is 1. The van der Waals surface area contributed by atoms with Crippen molar-refractivity contribution >= 4 is 15.9 Å². The largest absolute Gasteiger partial charge is 0.384 e. The highest BCUT2D eigenvalue weighted by molar-refractivity contribution is 7.89. The molecule has 0 aromatic heterocycles. The van der Waals surface area contributed by atoms with E-state index in [9.17, 15) is 13.2 Å². The van der Waals surface area contributed by atoms with Gasteiger partial charge >= 0.3 is 0 Å². The predicted octanol–water partition coefficient (Wildman–Crippen LogP) is 0.460. The average Bonchev–Trinajstić information content (AvgIpc) is 2.67. The van der Waals surface area contributed by atoms with Gasteiger partial charge in [-0.3, -0.25) is 4.79 Å². The molecule has 3 rings (SSSR count). The van der Waals surface area contributed by atoms with Gasteiger partial charge in [0.2, 0.25) is 15.9 Å². The zero-order valence-corrected chi connectivity index (χ0v) is 16.0. The van der Waals surface area contributed by atoms with E-state index in [0.29, 0.717) is 37.7 Å². The van der Waals surface area contributed by atoms with Crippen molar-refractivity contribution in [1.82, 2.24) is 14.5 Å².